The van der Waals surface area contributed by atoms with Crippen LogP contribution < -0.4 is 15.2 Å². The van der Waals surface area contributed by atoms with E-state index in [1.165, 1.54) is 4.57 Å². The smallest absolute Gasteiger partial charge is 0.424 e. The Morgan fingerprint density at radius 1 is 1.00 bits per heavy atom. The van der Waals surface area contributed by atoms with Crippen LogP contribution in [-0.2, 0) is 0 Å². The van der Waals surface area contributed by atoms with Gasteiger partial charge in [0.2, 0.25) is 0 Å². The molecular weight excluding hydrogens is 282 g/mol. The molecule has 1 heterocycles. The van der Waals surface area contributed by atoms with E-state index in [1.54, 1.807) is 38.6 Å². The number of methoxy groups -OCH3 is 2. The Morgan fingerprint density at radius 2 is 1.77 bits per heavy atom. The summed E-state index contributed by atoms with van der Waals surface area (Å²) in [5, 5.41) is 0. The SMILES string of the molecule is COc1ccc(-n2cc(-c3ccccc3)oc2=O)c(OC)c1. The first kappa shape index (κ1) is 14.0. The average Bonchev–Trinajstić information content (AvgIpc) is 2.96. The molecule has 0 aliphatic heterocycles. The van der Waals surface area contributed by atoms with Crippen molar-refractivity contribution in [3.63, 3.8) is 0 Å². The van der Waals surface area contributed by atoms with Crippen molar-refractivity contribution in [3.05, 3.63) is 65.3 Å². The fourth-order valence-corrected chi connectivity index (χ4v) is 2.23. The predicted octanol–water partition coefficient (Wildman–Crippen LogP) is 3.11. The van der Waals surface area contributed by atoms with Crippen molar-refractivity contribution in [3.8, 4) is 28.5 Å². The highest BCUT2D eigenvalue weighted by Gasteiger charge is 2.14. The number of rotatable bonds is 4. The molecule has 0 N–H and O–H groups in total. The second-order valence-corrected chi connectivity index (χ2v) is 4.64. The molecule has 0 amide bonds. The van der Waals surface area contributed by atoms with Gasteiger partial charge in [-0.2, -0.15) is 0 Å². The van der Waals surface area contributed by atoms with Crippen molar-refractivity contribution < 1.29 is 13.9 Å². The summed E-state index contributed by atoms with van der Waals surface area (Å²) in [7, 11) is 3.12. The topological polar surface area (TPSA) is 53.6 Å². The largest absolute Gasteiger partial charge is 0.497 e. The lowest BCUT2D eigenvalue weighted by molar-refractivity contribution is 0.392. The quantitative estimate of drug-likeness (QED) is 0.742. The summed E-state index contributed by atoms with van der Waals surface area (Å²) in [6.07, 6.45) is 1.65. The van der Waals surface area contributed by atoms with Crippen LogP contribution in [0.1, 0.15) is 0 Å². The minimum Gasteiger partial charge on any atom is -0.497 e. The summed E-state index contributed by atoms with van der Waals surface area (Å²) >= 11 is 0. The minimum absolute atomic E-state index is 0.470. The number of oxazole rings is 1. The maximum atomic E-state index is 12.1. The standard InChI is InChI=1S/C17H15NO4/c1-20-13-8-9-14(15(10-13)21-2)18-11-16(22-17(18)19)12-6-4-3-5-7-12/h3-11H,1-2H3. The second kappa shape index (κ2) is 5.81. The highest BCUT2D eigenvalue weighted by Crippen LogP contribution is 2.28. The molecule has 0 saturated heterocycles. The van der Waals surface area contributed by atoms with E-state index < -0.39 is 5.76 Å². The van der Waals surface area contributed by atoms with Gasteiger partial charge in [0.15, 0.2) is 5.76 Å². The lowest BCUT2D eigenvalue weighted by Crippen LogP contribution is -2.11. The Hall–Kier alpha value is -2.95. The molecule has 3 aromatic rings. The van der Waals surface area contributed by atoms with Crippen molar-refractivity contribution in [1.82, 2.24) is 4.57 Å². The highest BCUT2D eigenvalue weighted by molar-refractivity contribution is 5.58. The maximum absolute atomic E-state index is 12.1. The number of hydrogen-bond acceptors (Lipinski definition) is 4. The van der Waals surface area contributed by atoms with Crippen LogP contribution in [0.2, 0.25) is 0 Å². The van der Waals surface area contributed by atoms with Crippen LogP contribution in [0.25, 0.3) is 17.0 Å². The maximum Gasteiger partial charge on any atom is 0.424 e. The number of benzene rings is 2. The molecular formula is C17H15NO4. The monoisotopic (exact) mass is 297 g/mol. The van der Waals surface area contributed by atoms with Crippen LogP contribution in [0, 0.1) is 0 Å². The van der Waals surface area contributed by atoms with Gasteiger partial charge in [-0.25, -0.2) is 9.36 Å². The highest BCUT2D eigenvalue weighted by atomic mass is 16.5. The summed E-state index contributed by atoms with van der Waals surface area (Å²) in [5.41, 5.74) is 1.44. The Bertz CT molecular complexity index is 833. The molecule has 0 bridgehead atoms. The predicted molar refractivity (Wildman–Crippen MR) is 82.8 cm³/mol. The molecule has 5 nitrogen and oxygen atoms in total. The van der Waals surface area contributed by atoms with Crippen molar-refractivity contribution in [2.75, 3.05) is 14.2 Å². The van der Waals surface area contributed by atoms with Gasteiger partial charge in [0.05, 0.1) is 26.1 Å². The third-order valence-electron chi connectivity index (χ3n) is 3.35. The van der Waals surface area contributed by atoms with Gasteiger partial charge in [0, 0.05) is 11.6 Å². The van der Waals surface area contributed by atoms with Crippen LogP contribution in [0.15, 0.2) is 63.9 Å². The third-order valence-corrected chi connectivity index (χ3v) is 3.35. The van der Waals surface area contributed by atoms with E-state index in [9.17, 15) is 4.79 Å². The summed E-state index contributed by atoms with van der Waals surface area (Å²) in [4.78, 5) is 12.1. The Balaban J connectivity index is 2.10. The van der Waals surface area contributed by atoms with Gasteiger partial charge in [-0.3, -0.25) is 0 Å². The normalized spacial score (nSPS) is 10.5. The molecule has 0 saturated carbocycles. The molecule has 3 rings (SSSR count). The molecule has 0 aliphatic carbocycles. The average molecular weight is 297 g/mol. The van der Waals surface area contributed by atoms with Crippen molar-refractivity contribution in [1.29, 1.82) is 0 Å². The summed E-state index contributed by atoms with van der Waals surface area (Å²) in [6.45, 7) is 0. The van der Waals surface area contributed by atoms with E-state index in [0.29, 0.717) is 22.9 Å². The van der Waals surface area contributed by atoms with E-state index in [1.807, 2.05) is 30.3 Å². The zero-order valence-corrected chi connectivity index (χ0v) is 12.3. The molecule has 0 spiro atoms. The molecule has 2 aromatic carbocycles. The summed E-state index contributed by atoms with van der Waals surface area (Å²) in [5.74, 6) is 1.22. The minimum atomic E-state index is -0.470. The molecule has 0 radical (unpaired) electrons. The first-order valence-electron chi connectivity index (χ1n) is 6.73. The molecule has 0 atom stereocenters. The Morgan fingerprint density at radius 3 is 2.45 bits per heavy atom. The van der Waals surface area contributed by atoms with Gasteiger partial charge < -0.3 is 13.9 Å². The Labute approximate surface area is 127 Å². The van der Waals surface area contributed by atoms with Crippen LogP contribution in [0.3, 0.4) is 0 Å². The van der Waals surface area contributed by atoms with Gasteiger partial charge in [-0.05, 0) is 12.1 Å². The fourth-order valence-electron chi connectivity index (χ4n) is 2.23. The first-order valence-corrected chi connectivity index (χ1v) is 6.73. The number of aromatic nitrogens is 1. The molecule has 22 heavy (non-hydrogen) atoms. The van der Waals surface area contributed by atoms with E-state index in [2.05, 4.69) is 0 Å². The molecule has 0 unspecified atom stereocenters. The van der Waals surface area contributed by atoms with Gasteiger partial charge in [-0.1, -0.05) is 30.3 Å². The van der Waals surface area contributed by atoms with E-state index >= 15 is 0 Å². The van der Waals surface area contributed by atoms with E-state index in [-0.39, 0.29) is 0 Å². The van der Waals surface area contributed by atoms with Gasteiger partial charge >= 0.3 is 5.76 Å². The number of hydrogen-bond donors (Lipinski definition) is 0. The molecule has 112 valence electrons. The lowest BCUT2D eigenvalue weighted by atomic mass is 10.2. The second-order valence-electron chi connectivity index (χ2n) is 4.64. The number of nitrogens with zero attached hydrogens (tertiary/aromatic N) is 1. The van der Waals surface area contributed by atoms with Crippen molar-refractivity contribution in [2.24, 2.45) is 0 Å². The van der Waals surface area contributed by atoms with Crippen LogP contribution in [0.4, 0.5) is 0 Å². The molecule has 0 fully saturated rings. The van der Waals surface area contributed by atoms with Gasteiger partial charge in [-0.15, -0.1) is 0 Å². The van der Waals surface area contributed by atoms with Gasteiger partial charge in [0.25, 0.3) is 0 Å². The molecule has 1 aromatic heterocycles. The van der Waals surface area contributed by atoms with Crippen LogP contribution >= 0.6 is 0 Å². The van der Waals surface area contributed by atoms with Gasteiger partial charge in [0.1, 0.15) is 11.5 Å². The zero-order chi connectivity index (χ0) is 15.5. The summed E-state index contributed by atoms with van der Waals surface area (Å²) < 4.78 is 17.2. The molecule has 5 heteroatoms. The van der Waals surface area contributed by atoms with Crippen LogP contribution in [-0.4, -0.2) is 18.8 Å². The van der Waals surface area contributed by atoms with Crippen LogP contribution in [0.5, 0.6) is 11.5 Å². The number of ether oxygens (including phenoxy) is 2. The van der Waals surface area contributed by atoms with Crippen molar-refractivity contribution in [2.45, 2.75) is 0 Å². The van der Waals surface area contributed by atoms with Crippen molar-refractivity contribution >= 4 is 0 Å². The van der Waals surface area contributed by atoms with E-state index in [4.69, 9.17) is 13.9 Å². The van der Waals surface area contributed by atoms with E-state index in [0.717, 1.165) is 5.56 Å². The Kier molecular flexibility index (Phi) is 3.70. The molecule has 0 aliphatic rings. The third kappa shape index (κ3) is 2.48. The zero-order valence-electron chi connectivity index (χ0n) is 12.3. The fraction of sp³-hybridized carbons (Fsp3) is 0.118. The summed E-state index contributed by atoms with van der Waals surface area (Å²) in [6, 6.07) is 14.7. The first-order chi connectivity index (χ1) is 10.7. The lowest BCUT2D eigenvalue weighted by Gasteiger charge is -2.09.